The molecule has 0 aliphatic heterocycles. The van der Waals surface area contributed by atoms with E-state index in [2.05, 4.69) is 11.7 Å². The van der Waals surface area contributed by atoms with Crippen LogP contribution in [0.4, 0.5) is 0 Å². The SMILES string of the molecule is C#CC(C)C(O)C=C=C(C)CC. The van der Waals surface area contributed by atoms with Crippen molar-refractivity contribution >= 4 is 0 Å². The first kappa shape index (κ1) is 11.0. The van der Waals surface area contributed by atoms with E-state index < -0.39 is 6.10 Å². The predicted molar refractivity (Wildman–Crippen MR) is 51.6 cm³/mol. The summed E-state index contributed by atoms with van der Waals surface area (Å²) in [6.07, 6.45) is 7.15. The van der Waals surface area contributed by atoms with Gasteiger partial charge in [0.15, 0.2) is 0 Å². The van der Waals surface area contributed by atoms with Gasteiger partial charge in [-0.2, -0.15) is 0 Å². The van der Waals surface area contributed by atoms with Crippen LogP contribution in [0.5, 0.6) is 0 Å². The summed E-state index contributed by atoms with van der Waals surface area (Å²) in [6.45, 7) is 5.83. The Morgan fingerprint density at radius 1 is 1.67 bits per heavy atom. The van der Waals surface area contributed by atoms with Crippen LogP contribution >= 0.6 is 0 Å². The third-order valence-electron chi connectivity index (χ3n) is 1.81. The Morgan fingerprint density at radius 2 is 2.25 bits per heavy atom. The first-order valence-corrected chi connectivity index (χ1v) is 4.18. The maximum Gasteiger partial charge on any atom is 0.0928 e. The molecule has 0 heterocycles. The number of aliphatic hydroxyl groups excluding tert-OH is 1. The van der Waals surface area contributed by atoms with Crippen LogP contribution in [0.2, 0.25) is 0 Å². The largest absolute Gasteiger partial charge is 0.387 e. The van der Waals surface area contributed by atoms with Crippen molar-refractivity contribution in [2.24, 2.45) is 5.92 Å². The van der Waals surface area contributed by atoms with Gasteiger partial charge in [-0.05, 0) is 31.9 Å². The molecule has 0 aromatic carbocycles. The van der Waals surface area contributed by atoms with Crippen LogP contribution in [0.15, 0.2) is 17.4 Å². The number of rotatable bonds is 3. The Morgan fingerprint density at radius 3 is 2.67 bits per heavy atom. The summed E-state index contributed by atoms with van der Waals surface area (Å²) in [5.41, 5.74) is 4.12. The molecule has 1 N–H and O–H groups in total. The second-order valence-electron chi connectivity index (χ2n) is 2.89. The van der Waals surface area contributed by atoms with Gasteiger partial charge in [0.25, 0.3) is 0 Å². The van der Waals surface area contributed by atoms with Crippen LogP contribution in [0.1, 0.15) is 27.2 Å². The Kier molecular flexibility index (Phi) is 5.21. The lowest BCUT2D eigenvalue weighted by molar-refractivity contribution is 0.189. The molecular formula is C11H16O. The van der Waals surface area contributed by atoms with Gasteiger partial charge >= 0.3 is 0 Å². The fourth-order valence-electron chi connectivity index (χ4n) is 0.573. The van der Waals surface area contributed by atoms with Gasteiger partial charge in [-0.25, -0.2) is 0 Å². The summed E-state index contributed by atoms with van der Waals surface area (Å²) in [5.74, 6) is 2.34. The van der Waals surface area contributed by atoms with Crippen LogP contribution in [0.25, 0.3) is 0 Å². The van der Waals surface area contributed by atoms with Gasteiger partial charge in [-0.3, -0.25) is 0 Å². The second-order valence-corrected chi connectivity index (χ2v) is 2.89. The highest BCUT2D eigenvalue weighted by Crippen LogP contribution is 2.03. The zero-order valence-electron chi connectivity index (χ0n) is 7.96. The summed E-state index contributed by atoms with van der Waals surface area (Å²) in [7, 11) is 0. The van der Waals surface area contributed by atoms with Gasteiger partial charge in [-0.1, -0.05) is 6.92 Å². The lowest BCUT2D eigenvalue weighted by atomic mass is 10.1. The molecule has 0 aromatic heterocycles. The molecule has 0 saturated carbocycles. The topological polar surface area (TPSA) is 20.2 Å². The second kappa shape index (κ2) is 5.66. The molecule has 0 aliphatic rings. The molecule has 0 bridgehead atoms. The lowest BCUT2D eigenvalue weighted by Gasteiger charge is -2.06. The van der Waals surface area contributed by atoms with E-state index in [0.717, 1.165) is 12.0 Å². The molecule has 0 aliphatic carbocycles. The van der Waals surface area contributed by atoms with E-state index in [4.69, 9.17) is 6.42 Å². The average molecular weight is 164 g/mol. The quantitative estimate of drug-likeness (QED) is 0.500. The third kappa shape index (κ3) is 4.03. The Bertz CT molecular complexity index is 226. The van der Waals surface area contributed by atoms with Crippen molar-refractivity contribution in [1.29, 1.82) is 0 Å². The normalized spacial score (nSPS) is 13.9. The van der Waals surface area contributed by atoms with Crippen molar-refractivity contribution in [3.05, 3.63) is 17.4 Å². The molecule has 12 heavy (non-hydrogen) atoms. The highest BCUT2D eigenvalue weighted by Gasteiger charge is 2.05. The number of hydrogen-bond acceptors (Lipinski definition) is 1. The molecule has 0 fully saturated rings. The molecule has 1 heteroatoms. The van der Waals surface area contributed by atoms with Crippen LogP contribution in [0.3, 0.4) is 0 Å². The van der Waals surface area contributed by atoms with E-state index >= 15 is 0 Å². The molecule has 0 spiro atoms. The highest BCUT2D eigenvalue weighted by molar-refractivity contribution is 5.05. The molecule has 0 rings (SSSR count). The van der Waals surface area contributed by atoms with E-state index in [9.17, 15) is 5.11 Å². The van der Waals surface area contributed by atoms with Gasteiger partial charge in [0.05, 0.1) is 6.10 Å². The van der Waals surface area contributed by atoms with E-state index in [1.165, 1.54) is 0 Å². The van der Waals surface area contributed by atoms with Crippen LogP contribution in [-0.4, -0.2) is 11.2 Å². The molecule has 0 aromatic rings. The Labute approximate surface area is 74.8 Å². The molecule has 1 nitrogen and oxygen atoms in total. The average Bonchev–Trinajstić information content (AvgIpc) is 2.11. The van der Waals surface area contributed by atoms with Crippen molar-refractivity contribution in [3.8, 4) is 12.3 Å². The van der Waals surface area contributed by atoms with Crippen LogP contribution in [-0.2, 0) is 0 Å². The number of hydrogen-bond donors (Lipinski definition) is 1. The van der Waals surface area contributed by atoms with E-state index in [1.54, 1.807) is 6.08 Å². The van der Waals surface area contributed by atoms with Gasteiger partial charge in [0, 0.05) is 5.92 Å². The minimum Gasteiger partial charge on any atom is -0.387 e. The monoisotopic (exact) mass is 164 g/mol. The molecule has 0 saturated heterocycles. The standard InChI is InChI=1S/C11H16O/c1-5-9(3)7-8-11(12)10(4)6-2/h2,8,10-12H,5H2,1,3-4H3. The minimum absolute atomic E-state index is 0.137. The van der Waals surface area contributed by atoms with Gasteiger partial charge < -0.3 is 5.11 Å². The summed E-state index contributed by atoms with van der Waals surface area (Å²) in [6, 6.07) is 0. The zero-order valence-corrected chi connectivity index (χ0v) is 7.96. The fourth-order valence-corrected chi connectivity index (χ4v) is 0.573. The zero-order chi connectivity index (χ0) is 9.56. The summed E-state index contributed by atoms with van der Waals surface area (Å²) in [4.78, 5) is 0. The third-order valence-corrected chi connectivity index (χ3v) is 1.81. The maximum atomic E-state index is 9.39. The number of terminal acetylenes is 1. The summed E-state index contributed by atoms with van der Waals surface area (Å²) >= 11 is 0. The van der Waals surface area contributed by atoms with Gasteiger partial charge in [0.2, 0.25) is 0 Å². The van der Waals surface area contributed by atoms with Crippen molar-refractivity contribution in [1.82, 2.24) is 0 Å². The molecule has 2 unspecified atom stereocenters. The molecule has 0 amide bonds. The Balaban J connectivity index is 4.27. The van der Waals surface area contributed by atoms with E-state index in [-0.39, 0.29) is 5.92 Å². The molecule has 66 valence electrons. The fraction of sp³-hybridized carbons (Fsp3) is 0.545. The van der Waals surface area contributed by atoms with Gasteiger partial charge in [-0.15, -0.1) is 18.1 Å². The predicted octanol–water partition coefficient (Wildman–Crippen LogP) is 2.13. The summed E-state index contributed by atoms with van der Waals surface area (Å²) < 4.78 is 0. The molecule has 2 atom stereocenters. The van der Waals surface area contributed by atoms with E-state index in [0.29, 0.717) is 0 Å². The van der Waals surface area contributed by atoms with Crippen LogP contribution < -0.4 is 0 Å². The smallest absolute Gasteiger partial charge is 0.0928 e. The number of aliphatic hydroxyl groups is 1. The summed E-state index contributed by atoms with van der Waals surface area (Å²) in [5, 5.41) is 9.39. The molecule has 0 radical (unpaired) electrons. The van der Waals surface area contributed by atoms with Crippen molar-refractivity contribution in [2.75, 3.05) is 0 Å². The highest BCUT2D eigenvalue weighted by atomic mass is 16.3. The van der Waals surface area contributed by atoms with Crippen LogP contribution in [0, 0.1) is 18.3 Å². The Hall–Kier alpha value is -0.960. The maximum absolute atomic E-state index is 9.39. The van der Waals surface area contributed by atoms with E-state index in [1.807, 2.05) is 20.8 Å². The first-order chi connectivity index (χ1) is 5.61. The van der Waals surface area contributed by atoms with Crippen molar-refractivity contribution in [2.45, 2.75) is 33.3 Å². The molecular weight excluding hydrogens is 148 g/mol. The lowest BCUT2D eigenvalue weighted by Crippen LogP contribution is -2.11. The van der Waals surface area contributed by atoms with Crippen molar-refractivity contribution < 1.29 is 5.11 Å². The first-order valence-electron chi connectivity index (χ1n) is 4.18. The van der Waals surface area contributed by atoms with Crippen molar-refractivity contribution in [3.63, 3.8) is 0 Å². The van der Waals surface area contributed by atoms with Gasteiger partial charge in [0.1, 0.15) is 0 Å². The minimum atomic E-state index is -0.573.